The summed E-state index contributed by atoms with van der Waals surface area (Å²) in [6.45, 7) is 7.60. The molecule has 0 radical (unpaired) electrons. The molecule has 1 atom stereocenters. The molecule has 20 heavy (non-hydrogen) atoms. The molecule has 1 heterocycles. The van der Waals surface area contributed by atoms with E-state index < -0.39 is 0 Å². The van der Waals surface area contributed by atoms with Crippen LogP contribution in [0.4, 0.5) is 5.13 Å². The highest BCUT2D eigenvalue weighted by molar-refractivity contribution is 7.22. The lowest BCUT2D eigenvalue weighted by atomic mass is 10.1. The maximum atomic E-state index is 5.76. The van der Waals surface area contributed by atoms with Crippen molar-refractivity contribution in [1.82, 2.24) is 14.8 Å². The van der Waals surface area contributed by atoms with Crippen LogP contribution in [-0.2, 0) is 6.54 Å². The number of fused-ring (bicyclic) bond motifs is 1. The Morgan fingerprint density at radius 1 is 1.35 bits per heavy atom. The molecule has 1 aromatic carbocycles. The van der Waals surface area contributed by atoms with Crippen molar-refractivity contribution in [2.24, 2.45) is 0 Å². The maximum Gasteiger partial charge on any atom is 0.181 e. The third-order valence-corrected chi connectivity index (χ3v) is 4.36. The molecule has 0 aliphatic carbocycles. The van der Waals surface area contributed by atoms with E-state index >= 15 is 0 Å². The molecular formula is C15H24N4S. The Morgan fingerprint density at radius 2 is 2.10 bits per heavy atom. The molecule has 5 heteroatoms. The van der Waals surface area contributed by atoms with Gasteiger partial charge in [0.25, 0.3) is 0 Å². The molecule has 0 bridgehead atoms. The molecule has 0 amide bonds. The van der Waals surface area contributed by atoms with Crippen molar-refractivity contribution in [2.75, 3.05) is 32.9 Å². The summed E-state index contributed by atoms with van der Waals surface area (Å²) >= 11 is 1.56. The maximum absolute atomic E-state index is 5.76. The van der Waals surface area contributed by atoms with Gasteiger partial charge < -0.3 is 10.6 Å². The Labute approximate surface area is 125 Å². The third-order valence-electron chi connectivity index (χ3n) is 3.51. The molecule has 0 aliphatic heterocycles. The van der Waals surface area contributed by atoms with E-state index in [-0.39, 0.29) is 0 Å². The Hall–Kier alpha value is -1.17. The molecule has 2 rings (SSSR count). The minimum Gasteiger partial charge on any atom is -0.375 e. The van der Waals surface area contributed by atoms with Crippen LogP contribution in [0.15, 0.2) is 18.2 Å². The first-order chi connectivity index (χ1) is 9.49. The van der Waals surface area contributed by atoms with Crippen molar-refractivity contribution in [1.29, 1.82) is 0 Å². The molecule has 2 N–H and O–H groups in total. The van der Waals surface area contributed by atoms with Crippen molar-refractivity contribution in [2.45, 2.75) is 26.4 Å². The topological polar surface area (TPSA) is 45.4 Å². The fraction of sp³-hybridized carbons (Fsp3) is 0.533. The molecule has 0 saturated carbocycles. The van der Waals surface area contributed by atoms with Crippen molar-refractivity contribution >= 4 is 26.7 Å². The van der Waals surface area contributed by atoms with Gasteiger partial charge in [0.05, 0.1) is 10.2 Å². The average Bonchev–Trinajstić information content (AvgIpc) is 2.74. The lowest BCUT2D eigenvalue weighted by Gasteiger charge is -2.30. The van der Waals surface area contributed by atoms with E-state index in [1.807, 2.05) is 0 Å². The van der Waals surface area contributed by atoms with E-state index in [0.29, 0.717) is 11.2 Å². The highest BCUT2D eigenvalue weighted by atomic mass is 32.1. The summed E-state index contributed by atoms with van der Waals surface area (Å²) in [5.41, 5.74) is 8.09. The summed E-state index contributed by atoms with van der Waals surface area (Å²) < 4.78 is 1.18. The molecule has 1 unspecified atom stereocenters. The SMILES string of the molecule is CCN(Cc1ccc2nc(N)sc2c1)C(C)CN(C)C. The lowest BCUT2D eigenvalue weighted by Crippen LogP contribution is -2.39. The van der Waals surface area contributed by atoms with Gasteiger partial charge in [-0.25, -0.2) is 4.98 Å². The molecule has 0 fully saturated rings. The van der Waals surface area contributed by atoms with E-state index in [1.54, 1.807) is 11.3 Å². The number of likely N-dealkylation sites (N-methyl/N-ethyl adjacent to an activating group) is 2. The summed E-state index contributed by atoms with van der Waals surface area (Å²) in [7, 11) is 4.24. The monoisotopic (exact) mass is 292 g/mol. The van der Waals surface area contributed by atoms with Crippen LogP contribution in [0.3, 0.4) is 0 Å². The van der Waals surface area contributed by atoms with Gasteiger partial charge in [-0.3, -0.25) is 4.90 Å². The first-order valence-electron chi connectivity index (χ1n) is 7.03. The highest BCUT2D eigenvalue weighted by Gasteiger charge is 2.13. The Morgan fingerprint density at radius 3 is 2.75 bits per heavy atom. The number of anilines is 1. The number of nitrogens with zero attached hydrogens (tertiary/aromatic N) is 3. The Kier molecular flexibility index (Phi) is 4.96. The van der Waals surface area contributed by atoms with Crippen molar-refractivity contribution < 1.29 is 0 Å². The number of hydrogen-bond acceptors (Lipinski definition) is 5. The van der Waals surface area contributed by atoms with E-state index in [0.717, 1.165) is 25.2 Å². The second kappa shape index (κ2) is 6.52. The number of thiazole rings is 1. The van der Waals surface area contributed by atoms with E-state index in [4.69, 9.17) is 5.73 Å². The molecule has 2 aromatic rings. The zero-order chi connectivity index (χ0) is 14.7. The molecule has 4 nitrogen and oxygen atoms in total. The third kappa shape index (κ3) is 3.69. The predicted octanol–water partition coefficient (Wildman–Crippen LogP) is 2.65. The highest BCUT2D eigenvalue weighted by Crippen LogP contribution is 2.25. The van der Waals surface area contributed by atoms with Gasteiger partial charge in [-0.1, -0.05) is 24.3 Å². The number of hydrogen-bond donors (Lipinski definition) is 1. The average molecular weight is 292 g/mol. The van der Waals surface area contributed by atoms with Crippen LogP contribution in [-0.4, -0.2) is 48.0 Å². The van der Waals surface area contributed by atoms with Gasteiger partial charge in [0.1, 0.15) is 0 Å². The second-order valence-electron chi connectivity index (χ2n) is 5.53. The molecule has 0 spiro atoms. The smallest absolute Gasteiger partial charge is 0.181 e. The summed E-state index contributed by atoms with van der Waals surface area (Å²) in [4.78, 5) is 9.03. The fourth-order valence-corrected chi connectivity index (χ4v) is 3.34. The van der Waals surface area contributed by atoms with E-state index in [1.165, 1.54) is 10.3 Å². The normalized spacial score (nSPS) is 13.5. The first-order valence-corrected chi connectivity index (χ1v) is 7.85. The van der Waals surface area contributed by atoms with Crippen molar-refractivity contribution in [3.63, 3.8) is 0 Å². The van der Waals surface area contributed by atoms with Crippen LogP contribution in [0.1, 0.15) is 19.4 Å². The van der Waals surface area contributed by atoms with Crippen molar-refractivity contribution in [3.8, 4) is 0 Å². The first kappa shape index (κ1) is 15.2. The summed E-state index contributed by atoms with van der Waals surface area (Å²) in [5, 5.41) is 0.644. The van der Waals surface area contributed by atoms with Gasteiger partial charge in [-0.2, -0.15) is 0 Å². The van der Waals surface area contributed by atoms with Gasteiger partial charge in [-0.05, 0) is 45.3 Å². The Bertz CT molecular complexity index is 564. The zero-order valence-corrected chi connectivity index (χ0v) is 13.6. The van der Waals surface area contributed by atoms with Crippen LogP contribution in [0, 0.1) is 0 Å². The minimum absolute atomic E-state index is 0.539. The minimum atomic E-state index is 0.539. The molecule has 1 aromatic heterocycles. The number of nitrogen functional groups attached to an aromatic ring is 1. The van der Waals surface area contributed by atoms with Gasteiger partial charge >= 0.3 is 0 Å². The second-order valence-corrected chi connectivity index (χ2v) is 6.59. The molecule has 0 saturated heterocycles. The molecule has 110 valence electrons. The summed E-state index contributed by atoms with van der Waals surface area (Å²) in [6.07, 6.45) is 0. The fourth-order valence-electron chi connectivity index (χ4n) is 2.54. The quantitative estimate of drug-likeness (QED) is 0.889. The van der Waals surface area contributed by atoms with Crippen LogP contribution in [0.5, 0.6) is 0 Å². The lowest BCUT2D eigenvalue weighted by molar-refractivity contribution is 0.174. The predicted molar refractivity (Wildman–Crippen MR) is 88.1 cm³/mol. The Balaban J connectivity index is 2.12. The van der Waals surface area contributed by atoms with Crippen LogP contribution in [0.25, 0.3) is 10.2 Å². The van der Waals surface area contributed by atoms with E-state index in [2.05, 4.69) is 60.9 Å². The van der Waals surface area contributed by atoms with Crippen LogP contribution >= 0.6 is 11.3 Å². The van der Waals surface area contributed by atoms with E-state index in [9.17, 15) is 0 Å². The van der Waals surface area contributed by atoms with Gasteiger partial charge in [-0.15, -0.1) is 0 Å². The van der Waals surface area contributed by atoms with Gasteiger partial charge in [0.15, 0.2) is 5.13 Å². The zero-order valence-electron chi connectivity index (χ0n) is 12.8. The largest absolute Gasteiger partial charge is 0.375 e. The van der Waals surface area contributed by atoms with Crippen LogP contribution in [0.2, 0.25) is 0 Å². The number of benzene rings is 1. The van der Waals surface area contributed by atoms with Crippen LogP contribution < -0.4 is 5.73 Å². The van der Waals surface area contributed by atoms with Gasteiger partial charge in [0.2, 0.25) is 0 Å². The summed E-state index contributed by atoms with van der Waals surface area (Å²) in [6, 6.07) is 6.99. The molecule has 0 aliphatic rings. The summed E-state index contributed by atoms with van der Waals surface area (Å²) in [5.74, 6) is 0. The number of nitrogens with two attached hydrogens (primary N) is 1. The van der Waals surface area contributed by atoms with Crippen molar-refractivity contribution in [3.05, 3.63) is 23.8 Å². The standard InChI is InChI=1S/C15H24N4S/c1-5-19(11(2)9-18(3)4)10-12-6-7-13-14(8-12)20-15(16)17-13/h6-8,11H,5,9-10H2,1-4H3,(H2,16,17). The molecular weight excluding hydrogens is 268 g/mol. The number of rotatable bonds is 6. The number of aromatic nitrogens is 1. The van der Waals surface area contributed by atoms with Gasteiger partial charge in [0, 0.05) is 19.1 Å².